The van der Waals surface area contributed by atoms with Gasteiger partial charge in [-0.3, -0.25) is 4.90 Å². The minimum atomic E-state index is -6.00. The molecule has 1 aliphatic heterocycles. The summed E-state index contributed by atoms with van der Waals surface area (Å²) in [5.41, 5.74) is 11.4. The smallest absolute Gasteiger partial charge is 0.418 e. The second-order valence-electron chi connectivity index (χ2n) is 9.29. The first kappa shape index (κ1) is 24.4. The molecule has 4 rings (SSSR count). The molecule has 32 heavy (non-hydrogen) atoms. The van der Waals surface area contributed by atoms with E-state index in [4.69, 9.17) is 0 Å². The molecule has 0 saturated carbocycles. The van der Waals surface area contributed by atoms with Gasteiger partial charge in [-0.15, -0.1) is 0 Å². The molecule has 7 heteroatoms. The van der Waals surface area contributed by atoms with Crippen molar-refractivity contribution < 1.29 is 22.2 Å². The lowest BCUT2D eigenvalue weighted by Gasteiger charge is -2.29. The van der Waals surface area contributed by atoms with Crippen LogP contribution in [0.15, 0.2) is 36.4 Å². The second kappa shape index (κ2) is 9.30. The van der Waals surface area contributed by atoms with Crippen LogP contribution in [-0.4, -0.2) is 26.0 Å². The standard InChI is InChI=1S/C25H32N2.BF4/c1-16-11-18(3)24(19(4)12-16)26-15-27(23-10-8-7-9-22(23)26)25-20(5)13-17(2)14-21(25)6;2-1(3,4)5/h7-8,11-14,22-23H,9-10,15H2,1-6H3;/q;-1/p+1/t22-,23?;/m1./s1. The Kier molecular flexibility index (Phi) is 7.08. The lowest BCUT2D eigenvalue weighted by Crippen LogP contribution is -3.10. The molecule has 0 radical (unpaired) electrons. The van der Waals surface area contributed by atoms with Crippen molar-refractivity contribution >= 4 is 18.6 Å². The van der Waals surface area contributed by atoms with Gasteiger partial charge in [0.25, 0.3) is 0 Å². The minimum absolute atomic E-state index is 0.588. The highest BCUT2D eigenvalue weighted by Gasteiger charge is 2.46. The number of nitrogens with zero attached hydrogens (tertiary/aromatic N) is 1. The predicted octanol–water partition coefficient (Wildman–Crippen LogP) is 5.92. The van der Waals surface area contributed by atoms with Crippen molar-refractivity contribution in [2.24, 2.45) is 0 Å². The van der Waals surface area contributed by atoms with Crippen molar-refractivity contribution in [2.75, 3.05) is 11.6 Å². The molecule has 1 heterocycles. The molecule has 2 aromatic carbocycles. The number of aryl methyl sites for hydroxylation is 6. The lowest BCUT2D eigenvalue weighted by atomic mass is 9.93. The van der Waals surface area contributed by atoms with Crippen molar-refractivity contribution in [3.8, 4) is 0 Å². The van der Waals surface area contributed by atoms with E-state index in [-0.39, 0.29) is 0 Å². The number of fused-ring (bicyclic) bond motifs is 1. The topological polar surface area (TPSA) is 7.68 Å². The Morgan fingerprint density at radius 1 is 0.750 bits per heavy atom. The Morgan fingerprint density at radius 3 is 1.69 bits per heavy atom. The van der Waals surface area contributed by atoms with E-state index in [1.54, 1.807) is 4.90 Å². The zero-order valence-electron chi connectivity index (χ0n) is 19.8. The molecule has 0 amide bonds. The first-order chi connectivity index (χ1) is 14.9. The van der Waals surface area contributed by atoms with Gasteiger partial charge in [-0.25, -0.2) is 0 Å². The van der Waals surface area contributed by atoms with E-state index in [0.29, 0.717) is 12.1 Å². The van der Waals surface area contributed by atoms with Crippen LogP contribution in [0, 0.1) is 41.5 Å². The summed E-state index contributed by atoms with van der Waals surface area (Å²) < 4.78 is 39.0. The van der Waals surface area contributed by atoms with Crippen LogP contribution in [0.5, 0.6) is 0 Å². The van der Waals surface area contributed by atoms with Crippen LogP contribution in [-0.2, 0) is 0 Å². The van der Waals surface area contributed by atoms with Crippen molar-refractivity contribution in [1.82, 2.24) is 0 Å². The third kappa shape index (κ3) is 5.37. The molecule has 1 aliphatic carbocycles. The Bertz CT molecular complexity index is 890. The number of rotatable bonds is 2. The monoisotopic (exact) mass is 448 g/mol. The molecule has 1 fully saturated rings. The maximum Gasteiger partial charge on any atom is 0.673 e. The van der Waals surface area contributed by atoms with E-state index in [9.17, 15) is 17.3 Å². The molecular weight excluding hydrogens is 415 g/mol. The highest BCUT2D eigenvalue weighted by molar-refractivity contribution is 6.50. The summed E-state index contributed by atoms with van der Waals surface area (Å²) in [4.78, 5) is 4.37. The summed E-state index contributed by atoms with van der Waals surface area (Å²) in [5.74, 6) is 0. The maximum atomic E-state index is 9.75. The van der Waals surface area contributed by atoms with Crippen molar-refractivity contribution in [2.45, 2.75) is 66.5 Å². The summed E-state index contributed by atoms with van der Waals surface area (Å²) in [7, 11) is -6.00. The highest BCUT2D eigenvalue weighted by atomic mass is 19.5. The first-order valence-electron chi connectivity index (χ1n) is 11.2. The summed E-state index contributed by atoms with van der Waals surface area (Å²) >= 11 is 0. The Balaban J connectivity index is 0.000000523. The number of anilines is 1. The second-order valence-corrected chi connectivity index (χ2v) is 9.29. The lowest BCUT2D eigenvalue weighted by molar-refractivity contribution is -0.846. The van der Waals surface area contributed by atoms with Crippen LogP contribution in [0.25, 0.3) is 0 Å². The number of quaternary nitrogens is 1. The molecule has 2 aromatic rings. The first-order valence-corrected chi connectivity index (χ1v) is 11.2. The third-order valence-electron chi connectivity index (χ3n) is 6.51. The van der Waals surface area contributed by atoms with Crippen molar-refractivity contribution in [1.29, 1.82) is 0 Å². The van der Waals surface area contributed by atoms with Gasteiger partial charge >= 0.3 is 7.25 Å². The van der Waals surface area contributed by atoms with Gasteiger partial charge in [0.1, 0.15) is 11.7 Å². The van der Waals surface area contributed by atoms with E-state index in [1.807, 2.05) is 0 Å². The van der Waals surface area contributed by atoms with Gasteiger partial charge in [-0.2, -0.15) is 0 Å². The van der Waals surface area contributed by atoms with Crippen LogP contribution in [0.2, 0.25) is 0 Å². The van der Waals surface area contributed by atoms with Gasteiger partial charge in [0.05, 0.1) is 6.04 Å². The van der Waals surface area contributed by atoms with Crippen LogP contribution >= 0.6 is 0 Å². The van der Waals surface area contributed by atoms with E-state index in [1.165, 1.54) is 51.2 Å². The van der Waals surface area contributed by atoms with Gasteiger partial charge in [0, 0.05) is 23.2 Å². The number of halogens is 4. The molecule has 1 unspecified atom stereocenters. The molecule has 0 bridgehead atoms. The number of benzene rings is 2. The molecule has 174 valence electrons. The molecule has 1 N–H and O–H groups in total. The van der Waals surface area contributed by atoms with E-state index < -0.39 is 7.25 Å². The molecule has 3 atom stereocenters. The average Bonchev–Trinajstić information content (AvgIpc) is 2.98. The summed E-state index contributed by atoms with van der Waals surface area (Å²) in [6.45, 7) is 14.6. The van der Waals surface area contributed by atoms with Crippen LogP contribution in [0.1, 0.15) is 46.2 Å². The zero-order valence-corrected chi connectivity index (χ0v) is 19.8. The fraction of sp³-hybridized carbons (Fsp3) is 0.440. The van der Waals surface area contributed by atoms with Crippen LogP contribution in [0.3, 0.4) is 0 Å². The van der Waals surface area contributed by atoms with E-state index in [2.05, 4.69) is 82.9 Å². The summed E-state index contributed by atoms with van der Waals surface area (Å²) in [5, 5.41) is 0. The molecule has 0 spiro atoms. The fourth-order valence-electron chi connectivity index (χ4n) is 5.76. The van der Waals surface area contributed by atoms with E-state index in [0.717, 1.165) is 13.1 Å². The Hall–Kier alpha value is -2.28. The van der Waals surface area contributed by atoms with Gasteiger partial charge in [-0.1, -0.05) is 47.5 Å². The SMILES string of the molecule is Cc1cc(C)c(N2C[N@H+](c3c(C)cc(C)cc3C)[C@@H]3CC=CCC32)c(C)c1.F[B-](F)(F)F. The van der Waals surface area contributed by atoms with Crippen molar-refractivity contribution in [3.05, 3.63) is 69.8 Å². The van der Waals surface area contributed by atoms with Gasteiger partial charge in [0.2, 0.25) is 0 Å². The Labute approximate surface area is 189 Å². The maximum absolute atomic E-state index is 9.75. The van der Waals surface area contributed by atoms with E-state index >= 15 is 0 Å². The molecule has 1 saturated heterocycles. The third-order valence-corrected chi connectivity index (χ3v) is 6.51. The summed E-state index contributed by atoms with van der Waals surface area (Å²) in [6.07, 6.45) is 7.13. The Morgan fingerprint density at radius 2 is 1.19 bits per heavy atom. The zero-order chi connectivity index (χ0) is 23.8. The number of hydrogen-bond acceptors (Lipinski definition) is 1. The molecular formula is C25H33BF4N2. The minimum Gasteiger partial charge on any atom is -0.418 e. The van der Waals surface area contributed by atoms with Gasteiger partial charge in [0.15, 0.2) is 6.67 Å². The molecule has 2 nitrogen and oxygen atoms in total. The summed E-state index contributed by atoms with van der Waals surface area (Å²) in [6, 6.07) is 10.6. The number of nitrogens with one attached hydrogen (secondary N) is 1. The van der Waals surface area contributed by atoms with Gasteiger partial charge < -0.3 is 22.2 Å². The molecule has 2 aliphatic rings. The quantitative estimate of drug-likeness (QED) is 0.341. The molecule has 0 aromatic heterocycles. The van der Waals surface area contributed by atoms with Crippen molar-refractivity contribution in [3.63, 3.8) is 0 Å². The largest absolute Gasteiger partial charge is 0.673 e. The van der Waals surface area contributed by atoms with Gasteiger partial charge in [-0.05, 0) is 59.1 Å². The highest BCUT2D eigenvalue weighted by Crippen LogP contribution is 2.34. The predicted molar refractivity (Wildman–Crippen MR) is 125 cm³/mol. The fourth-order valence-corrected chi connectivity index (χ4v) is 5.76. The normalized spacial score (nSPS) is 22.4. The van der Waals surface area contributed by atoms with Crippen LogP contribution in [0.4, 0.5) is 28.6 Å². The number of hydrogen-bond donors (Lipinski definition) is 1. The van der Waals surface area contributed by atoms with Crippen LogP contribution < -0.4 is 9.80 Å². The average molecular weight is 448 g/mol.